The summed E-state index contributed by atoms with van der Waals surface area (Å²) in [6, 6.07) is 11.7. The molecule has 3 aromatic rings. The molecular formula is C23H27NO5S. The molecule has 2 aromatic heterocycles. The normalized spacial score (nSPS) is 12.0. The number of carbonyl (C=O) groups excluding carboxylic acids is 1. The smallest absolute Gasteiger partial charge is 0.335 e. The quantitative estimate of drug-likeness (QED) is 0.406. The van der Waals surface area contributed by atoms with Crippen molar-refractivity contribution in [1.29, 1.82) is 0 Å². The van der Waals surface area contributed by atoms with Gasteiger partial charge in [-0.25, -0.2) is 9.78 Å². The van der Waals surface area contributed by atoms with Gasteiger partial charge in [0.15, 0.2) is 6.10 Å². The van der Waals surface area contributed by atoms with E-state index in [1.54, 1.807) is 18.3 Å². The summed E-state index contributed by atoms with van der Waals surface area (Å²) in [4.78, 5) is 17.6. The lowest BCUT2D eigenvalue weighted by atomic mass is 10.1. The Balaban J connectivity index is 1.52. The third-order valence-electron chi connectivity index (χ3n) is 4.49. The van der Waals surface area contributed by atoms with Gasteiger partial charge in [-0.2, -0.15) is 0 Å². The predicted octanol–water partition coefficient (Wildman–Crippen LogP) is 4.84. The number of esters is 1. The van der Waals surface area contributed by atoms with Crippen LogP contribution in [0.2, 0.25) is 0 Å². The van der Waals surface area contributed by atoms with E-state index in [4.69, 9.17) is 18.6 Å². The van der Waals surface area contributed by atoms with E-state index in [1.165, 1.54) is 0 Å². The largest absolute Gasteiger partial charge is 0.493 e. The summed E-state index contributed by atoms with van der Waals surface area (Å²) >= 11 is 1.61. The predicted molar refractivity (Wildman–Crippen MR) is 116 cm³/mol. The molecule has 0 aliphatic rings. The first-order valence-corrected chi connectivity index (χ1v) is 11.0. The van der Waals surface area contributed by atoms with Crippen molar-refractivity contribution in [2.75, 3.05) is 19.8 Å². The minimum absolute atomic E-state index is 0.329. The van der Waals surface area contributed by atoms with Gasteiger partial charge in [-0.15, -0.1) is 11.3 Å². The molecule has 0 unspecified atom stereocenters. The second-order valence-electron chi connectivity index (χ2n) is 6.64. The zero-order valence-electron chi connectivity index (χ0n) is 17.6. The minimum atomic E-state index is -0.589. The van der Waals surface area contributed by atoms with E-state index >= 15 is 0 Å². The van der Waals surface area contributed by atoms with Crippen molar-refractivity contribution >= 4 is 17.3 Å². The molecule has 1 atom stereocenters. The highest BCUT2D eigenvalue weighted by Gasteiger charge is 2.20. The molecule has 0 radical (unpaired) electrons. The topological polar surface area (TPSA) is 70.8 Å². The molecule has 3 rings (SSSR count). The van der Waals surface area contributed by atoms with E-state index in [2.05, 4.69) is 4.98 Å². The Morgan fingerprint density at radius 2 is 1.97 bits per heavy atom. The maximum Gasteiger partial charge on any atom is 0.335 e. The van der Waals surface area contributed by atoms with Gasteiger partial charge >= 0.3 is 5.97 Å². The van der Waals surface area contributed by atoms with Gasteiger partial charge in [-0.3, -0.25) is 0 Å². The van der Waals surface area contributed by atoms with Crippen molar-refractivity contribution in [3.05, 3.63) is 58.8 Å². The van der Waals surface area contributed by atoms with Gasteiger partial charge < -0.3 is 18.6 Å². The fourth-order valence-corrected chi connectivity index (χ4v) is 3.66. The summed E-state index contributed by atoms with van der Waals surface area (Å²) in [6.07, 6.45) is 0.545. The van der Waals surface area contributed by atoms with Crippen LogP contribution in [0.25, 0.3) is 10.8 Å². The van der Waals surface area contributed by atoms with E-state index in [-0.39, 0.29) is 5.97 Å². The van der Waals surface area contributed by atoms with Crippen molar-refractivity contribution in [1.82, 2.24) is 4.98 Å². The molecular weight excluding hydrogens is 402 g/mol. The van der Waals surface area contributed by atoms with Crippen LogP contribution >= 0.6 is 11.3 Å². The number of hydrogen-bond acceptors (Lipinski definition) is 7. The molecule has 0 amide bonds. The number of nitrogens with zero attached hydrogens (tertiary/aromatic N) is 1. The lowest BCUT2D eigenvalue weighted by Crippen LogP contribution is -2.28. The summed E-state index contributed by atoms with van der Waals surface area (Å²) < 4.78 is 22.2. The van der Waals surface area contributed by atoms with Crippen LogP contribution in [0.3, 0.4) is 0 Å². The van der Waals surface area contributed by atoms with Gasteiger partial charge in [0.2, 0.25) is 5.89 Å². The van der Waals surface area contributed by atoms with Crippen LogP contribution in [0.4, 0.5) is 0 Å². The van der Waals surface area contributed by atoms with Crippen LogP contribution in [-0.4, -0.2) is 36.9 Å². The average Bonchev–Trinajstić information content (AvgIpc) is 3.39. The van der Waals surface area contributed by atoms with Gasteiger partial charge in [0.1, 0.15) is 11.5 Å². The molecule has 0 saturated heterocycles. The van der Waals surface area contributed by atoms with E-state index in [0.717, 1.165) is 27.6 Å². The first-order valence-electron chi connectivity index (χ1n) is 10.1. The molecule has 1 aromatic carbocycles. The molecule has 0 aliphatic heterocycles. The monoisotopic (exact) mass is 429 g/mol. The van der Waals surface area contributed by atoms with Crippen molar-refractivity contribution in [2.24, 2.45) is 0 Å². The number of oxazole rings is 1. The number of carbonyl (C=O) groups is 1. The maximum atomic E-state index is 12.0. The fraction of sp³-hybridized carbons (Fsp3) is 0.391. The lowest BCUT2D eigenvalue weighted by molar-refractivity contribution is -0.156. The molecule has 0 saturated carbocycles. The van der Waals surface area contributed by atoms with E-state index in [1.807, 2.05) is 55.6 Å². The van der Waals surface area contributed by atoms with Crippen LogP contribution in [0.15, 0.2) is 46.2 Å². The van der Waals surface area contributed by atoms with Crippen molar-refractivity contribution in [3.63, 3.8) is 0 Å². The second-order valence-corrected chi connectivity index (χ2v) is 7.59. The van der Waals surface area contributed by atoms with Crippen LogP contribution in [0, 0.1) is 6.92 Å². The zero-order valence-corrected chi connectivity index (χ0v) is 18.4. The van der Waals surface area contributed by atoms with Crippen molar-refractivity contribution in [2.45, 2.75) is 39.7 Å². The minimum Gasteiger partial charge on any atom is -0.493 e. The third-order valence-corrected chi connectivity index (χ3v) is 5.35. The number of benzene rings is 1. The van der Waals surface area contributed by atoms with Gasteiger partial charge in [0, 0.05) is 19.4 Å². The molecule has 2 heterocycles. The Bertz CT molecular complexity index is 918. The Hall–Kier alpha value is -2.64. The first kappa shape index (κ1) is 22.1. The van der Waals surface area contributed by atoms with Gasteiger partial charge in [-0.05, 0) is 49.9 Å². The van der Waals surface area contributed by atoms with Gasteiger partial charge in [-0.1, -0.05) is 18.2 Å². The SMILES string of the molecule is CCOC(=O)[C@H](Cc1ccc(OCCc2nc(-c3cccs3)oc2C)cc1)OCC. The van der Waals surface area contributed by atoms with Crippen molar-refractivity contribution < 1.29 is 23.4 Å². The lowest BCUT2D eigenvalue weighted by Gasteiger charge is -2.15. The Kier molecular flexibility index (Phi) is 8.04. The Morgan fingerprint density at radius 1 is 1.17 bits per heavy atom. The van der Waals surface area contributed by atoms with Crippen molar-refractivity contribution in [3.8, 4) is 16.5 Å². The molecule has 6 nitrogen and oxygen atoms in total. The summed E-state index contributed by atoms with van der Waals surface area (Å²) in [5.41, 5.74) is 1.89. The molecule has 7 heteroatoms. The number of thiophene rings is 1. The highest BCUT2D eigenvalue weighted by atomic mass is 32.1. The summed E-state index contributed by atoms with van der Waals surface area (Å²) in [5.74, 6) is 1.91. The number of ether oxygens (including phenoxy) is 3. The Labute approximate surface area is 180 Å². The fourth-order valence-electron chi connectivity index (χ4n) is 3.01. The summed E-state index contributed by atoms with van der Waals surface area (Å²) in [5, 5.41) is 2.00. The number of rotatable bonds is 11. The maximum absolute atomic E-state index is 12.0. The molecule has 30 heavy (non-hydrogen) atoms. The zero-order chi connectivity index (χ0) is 21.3. The number of hydrogen-bond donors (Lipinski definition) is 0. The molecule has 0 fully saturated rings. The van der Waals surface area contributed by atoms with E-state index in [0.29, 0.717) is 38.6 Å². The van der Waals surface area contributed by atoms with E-state index in [9.17, 15) is 4.79 Å². The first-order chi connectivity index (χ1) is 14.6. The van der Waals surface area contributed by atoms with Crippen LogP contribution in [0.5, 0.6) is 5.75 Å². The van der Waals surface area contributed by atoms with Gasteiger partial charge in [0.05, 0.1) is 23.8 Å². The van der Waals surface area contributed by atoms with Crippen LogP contribution in [-0.2, 0) is 27.1 Å². The van der Waals surface area contributed by atoms with Gasteiger partial charge in [0.25, 0.3) is 0 Å². The molecule has 0 aliphatic carbocycles. The molecule has 0 bridgehead atoms. The number of aromatic nitrogens is 1. The van der Waals surface area contributed by atoms with Crippen LogP contribution < -0.4 is 4.74 Å². The standard InChI is InChI=1S/C23H27NO5S/c1-4-26-20(23(25)27-5-2)15-17-8-10-18(11-9-17)28-13-12-19-16(3)29-22(24-19)21-7-6-14-30-21/h6-11,14,20H,4-5,12-13,15H2,1-3H3/t20-/m0/s1. The summed E-state index contributed by atoms with van der Waals surface area (Å²) in [7, 11) is 0. The van der Waals surface area contributed by atoms with Crippen LogP contribution in [0.1, 0.15) is 30.9 Å². The number of aryl methyl sites for hydroxylation is 1. The second kappa shape index (κ2) is 10.9. The molecule has 0 spiro atoms. The highest BCUT2D eigenvalue weighted by Crippen LogP contribution is 2.26. The molecule has 160 valence electrons. The third kappa shape index (κ3) is 5.93. The summed E-state index contributed by atoms with van der Waals surface area (Å²) in [6.45, 7) is 6.88. The molecule has 0 N–H and O–H groups in total. The van der Waals surface area contributed by atoms with E-state index < -0.39 is 6.10 Å². The highest BCUT2D eigenvalue weighted by molar-refractivity contribution is 7.13. The average molecular weight is 430 g/mol. The Morgan fingerprint density at radius 3 is 2.63 bits per heavy atom.